The van der Waals surface area contributed by atoms with E-state index in [1.54, 1.807) is 11.8 Å². The molecule has 0 unspecified atom stereocenters. The predicted molar refractivity (Wildman–Crippen MR) is 117 cm³/mol. The number of likely N-dealkylation sites (tertiary alicyclic amines) is 1. The number of benzene rings is 2. The van der Waals surface area contributed by atoms with Gasteiger partial charge in [-0.1, -0.05) is 18.2 Å². The molecule has 2 aliphatic heterocycles. The van der Waals surface area contributed by atoms with Crippen molar-refractivity contribution >= 4 is 5.91 Å². The van der Waals surface area contributed by atoms with Crippen LogP contribution in [0.5, 0.6) is 11.5 Å². The van der Waals surface area contributed by atoms with Crippen molar-refractivity contribution in [3.05, 3.63) is 66.0 Å². The van der Waals surface area contributed by atoms with Crippen molar-refractivity contribution in [2.24, 2.45) is 7.05 Å². The first kappa shape index (κ1) is 19.6. The Balaban J connectivity index is 1.40. The number of hydrogen-bond donors (Lipinski definition) is 0. The molecule has 3 aromatic rings. The molecule has 0 radical (unpaired) electrons. The van der Waals surface area contributed by atoms with Crippen LogP contribution in [0.1, 0.15) is 15.9 Å². The number of aryl methyl sites for hydroxylation is 1. The van der Waals surface area contributed by atoms with Gasteiger partial charge in [-0.2, -0.15) is 5.10 Å². The van der Waals surface area contributed by atoms with E-state index in [2.05, 4.69) is 22.1 Å². The van der Waals surface area contributed by atoms with Crippen molar-refractivity contribution in [2.75, 3.05) is 27.2 Å². The second-order valence-corrected chi connectivity index (χ2v) is 8.30. The van der Waals surface area contributed by atoms with Crippen LogP contribution in [-0.2, 0) is 13.6 Å². The Kier molecular flexibility index (Phi) is 4.90. The van der Waals surface area contributed by atoms with Gasteiger partial charge in [-0.15, -0.1) is 0 Å². The number of rotatable bonds is 4. The van der Waals surface area contributed by atoms with E-state index >= 15 is 0 Å². The van der Waals surface area contributed by atoms with Gasteiger partial charge < -0.3 is 14.4 Å². The molecule has 3 heterocycles. The van der Waals surface area contributed by atoms with E-state index in [1.165, 1.54) is 5.56 Å². The summed E-state index contributed by atoms with van der Waals surface area (Å²) in [6.07, 6.45) is 3.70. The summed E-state index contributed by atoms with van der Waals surface area (Å²) in [5, 5.41) is 4.25. The third-order valence-electron chi connectivity index (χ3n) is 6.20. The zero-order valence-electron chi connectivity index (χ0n) is 18.0. The molecule has 2 aliphatic rings. The van der Waals surface area contributed by atoms with Gasteiger partial charge >= 0.3 is 0 Å². The summed E-state index contributed by atoms with van der Waals surface area (Å²) in [7, 11) is 5.45. The van der Waals surface area contributed by atoms with Crippen molar-refractivity contribution in [1.29, 1.82) is 0 Å². The number of ether oxygens (including phenoxy) is 2. The van der Waals surface area contributed by atoms with E-state index < -0.39 is 0 Å². The van der Waals surface area contributed by atoms with Crippen LogP contribution < -0.4 is 9.47 Å². The Morgan fingerprint density at radius 2 is 2.00 bits per heavy atom. The molecule has 2 aromatic carbocycles. The van der Waals surface area contributed by atoms with E-state index in [0.717, 1.165) is 36.5 Å². The quantitative estimate of drug-likeness (QED) is 0.652. The lowest BCUT2D eigenvalue weighted by Crippen LogP contribution is -2.44. The molecule has 0 aliphatic carbocycles. The second kappa shape index (κ2) is 7.74. The van der Waals surface area contributed by atoms with Crippen LogP contribution in [-0.4, -0.2) is 64.9 Å². The standard InChI is InChI=1S/C24H26N4O3/c1-26-13-18(11-25-26)17-7-8-20-22(10-17)31-23-15-28(14-21(23)27(2)24(20)29)12-16-5-4-6-19(9-16)30-3/h4-11,13,21,23H,12,14-15H2,1-3H3/t21-,23+/m1/s1. The summed E-state index contributed by atoms with van der Waals surface area (Å²) in [5.41, 5.74) is 3.79. The van der Waals surface area contributed by atoms with Crippen molar-refractivity contribution in [3.63, 3.8) is 0 Å². The number of amides is 1. The van der Waals surface area contributed by atoms with Crippen molar-refractivity contribution in [1.82, 2.24) is 19.6 Å². The summed E-state index contributed by atoms with van der Waals surface area (Å²) < 4.78 is 13.6. The molecule has 0 bridgehead atoms. The normalized spacial score (nSPS) is 20.7. The largest absolute Gasteiger partial charge is 0.497 e. The SMILES string of the molecule is COc1cccc(CN2C[C@@H]3Oc4cc(-c5cnn(C)c5)ccc4C(=O)N(C)[C@@H]3C2)c1. The molecule has 0 N–H and O–H groups in total. The summed E-state index contributed by atoms with van der Waals surface area (Å²) in [6, 6.07) is 13.9. The maximum atomic E-state index is 13.2. The van der Waals surface area contributed by atoms with E-state index in [9.17, 15) is 4.79 Å². The molecule has 5 rings (SSSR count). The molecular weight excluding hydrogens is 392 g/mol. The third kappa shape index (κ3) is 3.65. The monoisotopic (exact) mass is 418 g/mol. The molecule has 0 saturated carbocycles. The molecule has 2 atom stereocenters. The molecule has 0 spiro atoms. The second-order valence-electron chi connectivity index (χ2n) is 8.30. The highest BCUT2D eigenvalue weighted by Gasteiger charge is 2.42. The first-order valence-corrected chi connectivity index (χ1v) is 10.4. The Morgan fingerprint density at radius 3 is 2.77 bits per heavy atom. The minimum atomic E-state index is -0.0787. The van der Waals surface area contributed by atoms with E-state index in [0.29, 0.717) is 11.3 Å². The van der Waals surface area contributed by atoms with Crippen molar-refractivity contribution in [3.8, 4) is 22.6 Å². The van der Waals surface area contributed by atoms with Gasteiger partial charge in [0.05, 0.1) is 24.9 Å². The fourth-order valence-electron chi connectivity index (χ4n) is 4.53. The highest BCUT2D eigenvalue weighted by Crippen LogP contribution is 2.34. The van der Waals surface area contributed by atoms with Gasteiger partial charge in [-0.05, 0) is 35.4 Å². The number of carbonyl (C=O) groups excluding carboxylic acids is 1. The van der Waals surface area contributed by atoms with Crippen LogP contribution in [0.25, 0.3) is 11.1 Å². The number of likely N-dealkylation sites (N-methyl/N-ethyl adjacent to an activating group) is 1. The van der Waals surface area contributed by atoms with Gasteiger partial charge in [0.25, 0.3) is 5.91 Å². The Bertz CT molecular complexity index is 1130. The Hall–Kier alpha value is -3.32. The van der Waals surface area contributed by atoms with Crippen LogP contribution in [0.4, 0.5) is 0 Å². The van der Waals surface area contributed by atoms with Gasteiger partial charge in [0.15, 0.2) is 0 Å². The lowest BCUT2D eigenvalue weighted by molar-refractivity contribution is 0.0682. The van der Waals surface area contributed by atoms with Crippen molar-refractivity contribution in [2.45, 2.75) is 18.7 Å². The van der Waals surface area contributed by atoms with Crippen LogP contribution >= 0.6 is 0 Å². The van der Waals surface area contributed by atoms with Crippen molar-refractivity contribution < 1.29 is 14.3 Å². The van der Waals surface area contributed by atoms with E-state index in [-0.39, 0.29) is 18.1 Å². The zero-order valence-corrected chi connectivity index (χ0v) is 18.0. The minimum Gasteiger partial charge on any atom is -0.497 e. The highest BCUT2D eigenvalue weighted by atomic mass is 16.5. The zero-order chi connectivity index (χ0) is 21.5. The van der Waals surface area contributed by atoms with E-state index in [1.807, 2.05) is 61.7 Å². The molecule has 1 aromatic heterocycles. The molecule has 1 saturated heterocycles. The van der Waals surface area contributed by atoms with Gasteiger partial charge in [0.1, 0.15) is 17.6 Å². The minimum absolute atomic E-state index is 0.00321. The van der Waals surface area contributed by atoms with Crippen LogP contribution in [0.3, 0.4) is 0 Å². The number of fused-ring (bicyclic) bond motifs is 2. The Morgan fingerprint density at radius 1 is 1.13 bits per heavy atom. The molecule has 160 valence electrons. The maximum Gasteiger partial charge on any atom is 0.257 e. The molecule has 1 fully saturated rings. The van der Waals surface area contributed by atoms with Crippen LogP contribution in [0, 0.1) is 0 Å². The number of nitrogens with zero attached hydrogens (tertiary/aromatic N) is 4. The average Bonchev–Trinajstić information content (AvgIpc) is 3.36. The maximum absolute atomic E-state index is 13.2. The van der Waals surface area contributed by atoms with E-state index in [4.69, 9.17) is 9.47 Å². The van der Waals surface area contributed by atoms with Gasteiger partial charge in [0, 0.05) is 45.5 Å². The van der Waals surface area contributed by atoms with Gasteiger partial charge in [0.2, 0.25) is 0 Å². The number of carbonyl (C=O) groups is 1. The van der Waals surface area contributed by atoms with Gasteiger partial charge in [-0.3, -0.25) is 14.4 Å². The topological polar surface area (TPSA) is 59.8 Å². The highest BCUT2D eigenvalue weighted by molar-refractivity contribution is 5.98. The predicted octanol–water partition coefficient (Wildman–Crippen LogP) is 2.81. The lowest BCUT2D eigenvalue weighted by Gasteiger charge is -2.25. The Labute approximate surface area is 181 Å². The smallest absolute Gasteiger partial charge is 0.257 e. The van der Waals surface area contributed by atoms with Gasteiger partial charge in [-0.25, -0.2) is 0 Å². The molecule has 7 nitrogen and oxygen atoms in total. The molecular formula is C24H26N4O3. The fraction of sp³-hybridized carbons (Fsp3) is 0.333. The molecule has 1 amide bonds. The lowest BCUT2D eigenvalue weighted by atomic mass is 10.1. The number of methoxy groups -OCH3 is 1. The first-order valence-electron chi connectivity index (χ1n) is 10.4. The average molecular weight is 418 g/mol. The number of hydrogen-bond acceptors (Lipinski definition) is 5. The van der Waals surface area contributed by atoms with Crippen LogP contribution in [0.15, 0.2) is 54.9 Å². The number of aromatic nitrogens is 2. The molecule has 7 heteroatoms. The van der Waals surface area contributed by atoms with Crippen LogP contribution in [0.2, 0.25) is 0 Å². The summed E-state index contributed by atoms with van der Waals surface area (Å²) in [4.78, 5) is 17.4. The third-order valence-corrected chi connectivity index (χ3v) is 6.20. The summed E-state index contributed by atoms with van der Waals surface area (Å²) in [5.74, 6) is 1.50. The fourth-order valence-corrected chi connectivity index (χ4v) is 4.53. The molecule has 31 heavy (non-hydrogen) atoms. The summed E-state index contributed by atoms with van der Waals surface area (Å²) >= 11 is 0. The first-order chi connectivity index (χ1) is 15.0. The summed E-state index contributed by atoms with van der Waals surface area (Å²) in [6.45, 7) is 2.32.